The van der Waals surface area contributed by atoms with Gasteiger partial charge >= 0.3 is 0 Å². The molecule has 188 valence electrons. The third-order valence-electron chi connectivity index (χ3n) is 8.91. The molecule has 6 heteroatoms. The molecule has 1 unspecified atom stereocenters. The van der Waals surface area contributed by atoms with E-state index in [1.165, 1.54) is 11.3 Å². The number of nitrogens with zero attached hydrogens (tertiary/aromatic N) is 3. The van der Waals surface area contributed by atoms with Crippen LogP contribution in [-0.4, -0.2) is 53.2 Å². The van der Waals surface area contributed by atoms with Crippen molar-refractivity contribution in [3.8, 4) is 5.82 Å². The summed E-state index contributed by atoms with van der Waals surface area (Å²) >= 11 is 0. The third-order valence-corrected chi connectivity index (χ3v) is 8.91. The zero-order chi connectivity index (χ0) is 24.4. The zero-order valence-electron chi connectivity index (χ0n) is 20.9. The van der Waals surface area contributed by atoms with Crippen molar-refractivity contribution < 1.29 is 9.53 Å². The molecule has 1 spiro atoms. The normalized spacial score (nSPS) is 22.8. The Bertz CT molecular complexity index is 1160. The molecule has 1 atom stereocenters. The molecule has 2 aromatic heterocycles. The Labute approximate surface area is 213 Å². The number of likely N-dealkylation sites (tertiary alicyclic amines) is 1. The zero-order valence-corrected chi connectivity index (χ0v) is 20.9. The molecule has 36 heavy (non-hydrogen) atoms. The maximum atomic E-state index is 13.3. The molecule has 1 N–H and O–H groups in total. The summed E-state index contributed by atoms with van der Waals surface area (Å²) < 4.78 is 7.84. The van der Waals surface area contributed by atoms with E-state index in [0.717, 1.165) is 70.8 Å². The highest BCUT2D eigenvalue weighted by molar-refractivity contribution is 5.82. The van der Waals surface area contributed by atoms with Gasteiger partial charge in [0.2, 0.25) is 5.91 Å². The molecule has 1 aromatic carbocycles. The van der Waals surface area contributed by atoms with Crippen LogP contribution in [0.2, 0.25) is 0 Å². The van der Waals surface area contributed by atoms with Crippen LogP contribution in [0.1, 0.15) is 43.4 Å². The number of pyridine rings is 1. The van der Waals surface area contributed by atoms with Crippen molar-refractivity contribution in [2.75, 3.05) is 32.8 Å². The van der Waals surface area contributed by atoms with Crippen LogP contribution in [0, 0.1) is 11.3 Å². The Kier molecular flexibility index (Phi) is 6.40. The topological polar surface area (TPSA) is 59.4 Å². The van der Waals surface area contributed by atoms with Crippen LogP contribution >= 0.6 is 0 Å². The Hall–Kier alpha value is -2.96. The molecule has 2 saturated heterocycles. The third kappa shape index (κ3) is 4.60. The molecule has 4 heterocycles. The van der Waals surface area contributed by atoms with Crippen molar-refractivity contribution in [1.29, 1.82) is 0 Å². The van der Waals surface area contributed by atoms with Gasteiger partial charge in [-0.05, 0) is 80.4 Å². The first-order chi connectivity index (χ1) is 17.7. The van der Waals surface area contributed by atoms with Gasteiger partial charge in [-0.1, -0.05) is 36.4 Å². The van der Waals surface area contributed by atoms with Crippen LogP contribution in [0.4, 0.5) is 0 Å². The molecule has 6 rings (SSSR count). The summed E-state index contributed by atoms with van der Waals surface area (Å²) in [6.45, 7) is 5.24. The highest BCUT2D eigenvalue weighted by atomic mass is 16.5. The summed E-state index contributed by atoms with van der Waals surface area (Å²) in [6.07, 6.45) is 9.10. The minimum atomic E-state index is -0.0108. The first kappa shape index (κ1) is 23.4. The highest BCUT2D eigenvalue weighted by Gasteiger charge is 2.58. The van der Waals surface area contributed by atoms with Gasteiger partial charge < -0.3 is 14.6 Å². The van der Waals surface area contributed by atoms with Gasteiger partial charge in [0.25, 0.3) is 0 Å². The first-order valence-electron chi connectivity index (χ1n) is 13.4. The maximum absolute atomic E-state index is 13.3. The van der Waals surface area contributed by atoms with E-state index in [1.807, 2.05) is 24.4 Å². The fourth-order valence-corrected chi connectivity index (χ4v) is 6.42. The van der Waals surface area contributed by atoms with Crippen molar-refractivity contribution in [3.63, 3.8) is 0 Å². The molecular weight excluding hydrogens is 448 g/mol. The Morgan fingerprint density at radius 2 is 1.75 bits per heavy atom. The molecule has 1 saturated carbocycles. The molecular formula is C30H36N4O2. The summed E-state index contributed by atoms with van der Waals surface area (Å²) in [7, 11) is 0. The second kappa shape index (κ2) is 9.83. The SMILES string of the molecule is O=C(NCC1(c2ccccc2)CCOCC1)C1CC12CCN(Cc1cccn1-c1ccccn1)CC2. The van der Waals surface area contributed by atoms with E-state index in [2.05, 4.69) is 68.4 Å². The lowest BCUT2D eigenvalue weighted by Gasteiger charge is -2.38. The summed E-state index contributed by atoms with van der Waals surface area (Å²) in [5.41, 5.74) is 2.78. The van der Waals surface area contributed by atoms with Crippen molar-refractivity contribution in [3.05, 3.63) is 84.3 Å². The van der Waals surface area contributed by atoms with Crippen molar-refractivity contribution in [2.24, 2.45) is 11.3 Å². The molecule has 3 aromatic rings. The summed E-state index contributed by atoms with van der Waals surface area (Å²) in [5, 5.41) is 3.38. The standard InChI is InChI=1S/C30H36N4O2/c35-28(32-23-30(13-19-36-20-14-30)24-7-2-1-3-8-24)26-21-29(26)11-17-33(18-12-29)22-25-9-6-16-34(25)27-10-4-5-15-31-27/h1-10,15-16,26H,11-14,17-23H2,(H,32,35). The van der Waals surface area contributed by atoms with E-state index in [1.54, 1.807) is 0 Å². The number of hydrogen-bond donors (Lipinski definition) is 1. The number of aromatic nitrogens is 2. The first-order valence-corrected chi connectivity index (χ1v) is 13.4. The predicted molar refractivity (Wildman–Crippen MR) is 140 cm³/mol. The smallest absolute Gasteiger partial charge is 0.223 e. The number of piperidine rings is 1. The van der Waals surface area contributed by atoms with Crippen LogP contribution in [0.3, 0.4) is 0 Å². The van der Waals surface area contributed by atoms with E-state index in [4.69, 9.17) is 4.74 Å². The minimum Gasteiger partial charge on any atom is -0.381 e. The number of amides is 1. The second-order valence-electron chi connectivity index (χ2n) is 10.9. The van der Waals surface area contributed by atoms with Gasteiger partial charge in [0.05, 0.1) is 0 Å². The van der Waals surface area contributed by atoms with E-state index < -0.39 is 0 Å². The van der Waals surface area contributed by atoms with Crippen molar-refractivity contribution in [2.45, 2.75) is 44.1 Å². The van der Waals surface area contributed by atoms with Crippen molar-refractivity contribution >= 4 is 5.91 Å². The quantitative estimate of drug-likeness (QED) is 0.542. The van der Waals surface area contributed by atoms with Crippen LogP contribution in [0.5, 0.6) is 0 Å². The number of benzene rings is 1. The van der Waals surface area contributed by atoms with Gasteiger partial charge in [-0.25, -0.2) is 4.98 Å². The average molecular weight is 485 g/mol. The van der Waals surface area contributed by atoms with Crippen LogP contribution in [0.15, 0.2) is 73.1 Å². The number of carbonyl (C=O) groups is 1. The van der Waals surface area contributed by atoms with Crippen LogP contribution < -0.4 is 5.32 Å². The Morgan fingerprint density at radius 1 is 0.972 bits per heavy atom. The van der Waals surface area contributed by atoms with Gasteiger partial charge in [0.1, 0.15) is 5.82 Å². The highest BCUT2D eigenvalue weighted by Crippen LogP contribution is 2.59. The van der Waals surface area contributed by atoms with E-state index in [0.29, 0.717) is 6.54 Å². The van der Waals surface area contributed by atoms with E-state index in [-0.39, 0.29) is 22.7 Å². The van der Waals surface area contributed by atoms with Gasteiger partial charge in [-0.15, -0.1) is 0 Å². The van der Waals surface area contributed by atoms with Gasteiger partial charge in [-0.3, -0.25) is 9.69 Å². The molecule has 1 aliphatic carbocycles. The van der Waals surface area contributed by atoms with Crippen LogP contribution in [-0.2, 0) is 21.5 Å². The lowest BCUT2D eigenvalue weighted by atomic mass is 9.74. The van der Waals surface area contributed by atoms with Gasteiger partial charge in [0.15, 0.2) is 0 Å². The van der Waals surface area contributed by atoms with E-state index >= 15 is 0 Å². The summed E-state index contributed by atoms with van der Waals surface area (Å²) in [6, 6.07) is 21.0. The van der Waals surface area contributed by atoms with E-state index in [9.17, 15) is 4.79 Å². The largest absolute Gasteiger partial charge is 0.381 e. The fraction of sp³-hybridized carbons (Fsp3) is 0.467. The number of carbonyl (C=O) groups excluding carboxylic acids is 1. The summed E-state index contributed by atoms with van der Waals surface area (Å²) in [4.78, 5) is 20.3. The molecule has 6 nitrogen and oxygen atoms in total. The molecule has 1 amide bonds. The molecule has 0 bridgehead atoms. The molecule has 3 fully saturated rings. The lowest BCUT2D eigenvalue weighted by molar-refractivity contribution is -0.124. The van der Waals surface area contributed by atoms with Crippen molar-refractivity contribution in [1.82, 2.24) is 19.8 Å². The summed E-state index contributed by atoms with van der Waals surface area (Å²) in [5.74, 6) is 1.39. The average Bonchev–Trinajstić information content (AvgIpc) is 3.44. The fourth-order valence-electron chi connectivity index (χ4n) is 6.42. The molecule has 2 aliphatic heterocycles. The monoisotopic (exact) mass is 484 g/mol. The lowest BCUT2D eigenvalue weighted by Crippen LogP contribution is -2.45. The number of nitrogens with one attached hydrogen (secondary N) is 1. The minimum absolute atomic E-state index is 0.0108. The maximum Gasteiger partial charge on any atom is 0.223 e. The Morgan fingerprint density at radius 3 is 2.50 bits per heavy atom. The molecule has 3 aliphatic rings. The number of hydrogen-bond acceptors (Lipinski definition) is 4. The number of rotatable bonds is 7. The predicted octanol–water partition coefficient (Wildman–Crippen LogP) is 4.34. The number of ether oxygens (including phenoxy) is 1. The van der Waals surface area contributed by atoms with Gasteiger partial charge in [0, 0.05) is 55.7 Å². The van der Waals surface area contributed by atoms with Gasteiger partial charge in [-0.2, -0.15) is 0 Å². The molecule has 0 radical (unpaired) electrons. The Balaban J connectivity index is 1.03. The second-order valence-corrected chi connectivity index (χ2v) is 10.9. The van der Waals surface area contributed by atoms with Crippen LogP contribution in [0.25, 0.3) is 5.82 Å².